The van der Waals surface area contributed by atoms with E-state index in [1.807, 2.05) is 0 Å². The van der Waals surface area contributed by atoms with Crippen molar-refractivity contribution in [1.82, 2.24) is 5.32 Å². The molecule has 0 bridgehead atoms. The molecule has 0 aliphatic carbocycles. The molecular weight excluding hydrogens is 272 g/mol. The molecule has 7 heteroatoms. The Kier molecular flexibility index (Phi) is 4.36. The maximum atomic E-state index is 11.6. The van der Waals surface area contributed by atoms with E-state index in [-0.39, 0.29) is 11.4 Å². The molecule has 0 aromatic heterocycles. The molecule has 0 saturated carbocycles. The molecule has 104 valence electrons. The van der Waals surface area contributed by atoms with E-state index < -0.39 is 16.6 Å². The van der Waals surface area contributed by atoms with E-state index in [0.717, 1.165) is 0 Å². The number of benzene rings is 1. The zero-order valence-electron chi connectivity index (χ0n) is 11.1. The van der Waals surface area contributed by atoms with Crippen LogP contribution in [-0.2, 0) is 0 Å². The summed E-state index contributed by atoms with van der Waals surface area (Å²) >= 11 is 5.87. The number of hydrogen-bond donors (Lipinski definition) is 1. The number of nitrogens with zero attached hydrogens (tertiary/aromatic N) is 1. The molecule has 6 nitrogen and oxygen atoms in total. The van der Waals surface area contributed by atoms with Crippen LogP contribution in [0, 0.1) is 17.0 Å². The Hall–Kier alpha value is -1.82. The van der Waals surface area contributed by atoms with Gasteiger partial charge in [0.05, 0.1) is 4.92 Å². The van der Waals surface area contributed by atoms with Crippen molar-refractivity contribution in [1.29, 1.82) is 0 Å². The summed E-state index contributed by atoms with van der Waals surface area (Å²) in [5.74, 6) is -0.178. The van der Waals surface area contributed by atoms with Gasteiger partial charge < -0.3 is 10.1 Å². The van der Waals surface area contributed by atoms with Crippen molar-refractivity contribution in [2.75, 3.05) is 0 Å². The fraction of sp³-hybridized carbons (Fsp3) is 0.417. The van der Waals surface area contributed by atoms with Crippen molar-refractivity contribution in [3.8, 4) is 5.75 Å². The lowest BCUT2D eigenvalue weighted by atomic mass is 10.1. The molecule has 0 fully saturated rings. The van der Waals surface area contributed by atoms with Crippen LogP contribution < -0.4 is 10.1 Å². The molecule has 0 saturated heterocycles. The SMILES string of the molecule is Cc1cc([N+](=O)[O-])c(OC(=O)NC(C)(C)C)cc1Cl. The van der Waals surface area contributed by atoms with Crippen molar-refractivity contribution >= 4 is 23.4 Å². The number of halogens is 1. The van der Waals surface area contributed by atoms with Crippen molar-refractivity contribution in [3.63, 3.8) is 0 Å². The van der Waals surface area contributed by atoms with Crippen LogP contribution in [0.25, 0.3) is 0 Å². The predicted octanol–water partition coefficient (Wildman–Crippen LogP) is 3.44. The summed E-state index contributed by atoms with van der Waals surface area (Å²) in [7, 11) is 0. The number of rotatable bonds is 2. The normalized spacial score (nSPS) is 11.0. The minimum absolute atomic E-state index is 0.178. The van der Waals surface area contributed by atoms with Crippen molar-refractivity contribution in [3.05, 3.63) is 32.8 Å². The lowest BCUT2D eigenvalue weighted by Crippen LogP contribution is -2.42. The number of ether oxygens (including phenoxy) is 1. The minimum atomic E-state index is -0.768. The average molecular weight is 287 g/mol. The molecule has 0 atom stereocenters. The highest BCUT2D eigenvalue weighted by atomic mass is 35.5. The Morgan fingerprint density at radius 1 is 1.42 bits per heavy atom. The molecule has 1 aromatic carbocycles. The highest BCUT2D eigenvalue weighted by Crippen LogP contribution is 2.32. The van der Waals surface area contributed by atoms with Crippen LogP contribution in [0.1, 0.15) is 26.3 Å². The number of nitrogens with one attached hydrogen (secondary N) is 1. The van der Waals surface area contributed by atoms with E-state index in [9.17, 15) is 14.9 Å². The van der Waals surface area contributed by atoms with Crippen molar-refractivity contribution in [2.24, 2.45) is 0 Å². The number of hydrogen-bond acceptors (Lipinski definition) is 4. The van der Waals surface area contributed by atoms with Gasteiger partial charge in [-0.2, -0.15) is 0 Å². The maximum Gasteiger partial charge on any atom is 0.413 e. The smallest absolute Gasteiger partial charge is 0.403 e. The summed E-state index contributed by atoms with van der Waals surface area (Å²) in [5.41, 5.74) is -0.261. The fourth-order valence-electron chi connectivity index (χ4n) is 1.30. The van der Waals surface area contributed by atoms with Crippen LogP contribution in [0.2, 0.25) is 5.02 Å². The second-order valence-electron chi connectivity index (χ2n) is 5.09. The average Bonchev–Trinajstić information content (AvgIpc) is 2.19. The van der Waals surface area contributed by atoms with E-state index in [1.165, 1.54) is 12.1 Å². The van der Waals surface area contributed by atoms with Gasteiger partial charge >= 0.3 is 11.8 Å². The first-order valence-corrected chi connectivity index (χ1v) is 5.92. The molecule has 0 aliphatic rings. The molecular formula is C12H15ClN2O4. The molecule has 1 rings (SSSR count). The fourth-order valence-corrected chi connectivity index (χ4v) is 1.46. The van der Waals surface area contributed by atoms with Gasteiger partial charge in [0.25, 0.3) is 0 Å². The predicted molar refractivity (Wildman–Crippen MR) is 71.8 cm³/mol. The van der Waals surface area contributed by atoms with Crippen molar-refractivity contribution in [2.45, 2.75) is 33.2 Å². The molecule has 0 spiro atoms. The summed E-state index contributed by atoms with van der Waals surface area (Å²) < 4.78 is 4.94. The number of nitro benzene ring substituents is 1. The lowest BCUT2D eigenvalue weighted by molar-refractivity contribution is -0.385. The molecule has 19 heavy (non-hydrogen) atoms. The molecule has 0 unspecified atom stereocenters. The molecule has 1 aromatic rings. The summed E-state index contributed by atoms with van der Waals surface area (Å²) in [6, 6.07) is 2.53. The molecule has 0 radical (unpaired) electrons. The first kappa shape index (κ1) is 15.2. The minimum Gasteiger partial charge on any atom is -0.403 e. The van der Waals surface area contributed by atoms with Gasteiger partial charge in [0, 0.05) is 22.7 Å². The molecule has 0 heterocycles. The highest BCUT2D eigenvalue weighted by molar-refractivity contribution is 6.31. The highest BCUT2D eigenvalue weighted by Gasteiger charge is 2.22. The molecule has 1 amide bonds. The van der Waals surface area contributed by atoms with E-state index in [0.29, 0.717) is 10.6 Å². The standard InChI is InChI=1S/C12H15ClN2O4/c1-7-5-9(15(17)18)10(6-8(7)13)19-11(16)14-12(2,3)4/h5-6H,1-4H3,(H,14,16). The van der Waals surface area contributed by atoms with E-state index in [1.54, 1.807) is 27.7 Å². The van der Waals surface area contributed by atoms with Crippen LogP contribution in [-0.4, -0.2) is 16.6 Å². The largest absolute Gasteiger partial charge is 0.413 e. The quantitative estimate of drug-likeness (QED) is 0.667. The number of aryl methyl sites for hydroxylation is 1. The molecule has 1 N–H and O–H groups in total. The van der Waals surface area contributed by atoms with Gasteiger partial charge in [-0.1, -0.05) is 11.6 Å². The van der Waals surface area contributed by atoms with Gasteiger partial charge in [0.1, 0.15) is 0 Å². The molecule has 0 aliphatic heterocycles. The Morgan fingerprint density at radius 2 is 2.00 bits per heavy atom. The summed E-state index contributed by atoms with van der Waals surface area (Å²) in [6.45, 7) is 6.94. The van der Waals surface area contributed by atoms with Gasteiger partial charge in [-0.15, -0.1) is 0 Å². The first-order chi connectivity index (χ1) is 8.60. The van der Waals surface area contributed by atoms with E-state index in [2.05, 4.69) is 5.32 Å². The summed E-state index contributed by atoms with van der Waals surface area (Å²) in [4.78, 5) is 21.9. The Bertz CT molecular complexity index is 523. The number of carbonyl (C=O) groups is 1. The second kappa shape index (κ2) is 5.44. The maximum absolute atomic E-state index is 11.6. The Morgan fingerprint density at radius 3 is 2.47 bits per heavy atom. The van der Waals surface area contributed by atoms with Crippen molar-refractivity contribution < 1.29 is 14.5 Å². The van der Waals surface area contributed by atoms with Crippen LogP contribution in [0.15, 0.2) is 12.1 Å². The van der Waals surface area contributed by atoms with E-state index >= 15 is 0 Å². The monoisotopic (exact) mass is 286 g/mol. The van der Waals surface area contributed by atoms with Crippen LogP contribution in [0.4, 0.5) is 10.5 Å². The Labute approximate surface area is 115 Å². The number of carbonyl (C=O) groups excluding carboxylic acids is 1. The topological polar surface area (TPSA) is 81.5 Å². The zero-order valence-corrected chi connectivity index (χ0v) is 11.9. The summed E-state index contributed by atoms with van der Waals surface area (Å²) in [5, 5.41) is 13.7. The zero-order chi connectivity index (χ0) is 14.8. The third kappa shape index (κ3) is 4.40. The first-order valence-electron chi connectivity index (χ1n) is 5.54. The summed E-state index contributed by atoms with van der Waals surface area (Å²) in [6.07, 6.45) is -0.768. The third-order valence-corrected chi connectivity index (χ3v) is 2.52. The van der Waals surface area contributed by atoms with Gasteiger partial charge in [-0.3, -0.25) is 10.1 Å². The van der Waals surface area contributed by atoms with Gasteiger partial charge in [-0.05, 0) is 33.3 Å². The third-order valence-electron chi connectivity index (χ3n) is 2.12. The lowest BCUT2D eigenvalue weighted by Gasteiger charge is -2.19. The van der Waals surface area contributed by atoms with Gasteiger partial charge in [0.15, 0.2) is 0 Å². The Balaban J connectivity index is 3.03. The van der Waals surface area contributed by atoms with Crippen LogP contribution >= 0.6 is 11.6 Å². The van der Waals surface area contributed by atoms with Gasteiger partial charge in [0.2, 0.25) is 5.75 Å². The second-order valence-corrected chi connectivity index (χ2v) is 5.50. The number of amides is 1. The van der Waals surface area contributed by atoms with Crippen LogP contribution in [0.3, 0.4) is 0 Å². The van der Waals surface area contributed by atoms with Crippen LogP contribution in [0.5, 0.6) is 5.75 Å². The van der Waals surface area contributed by atoms with Gasteiger partial charge in [-0.25, -0.2) is 4.79 Å². The van der Waals surface area contributed by atoms with E-state index in [4.69, 9.17) is 16.3 Å². The number of nitro groups is 1.